The summed E-state index contributed by atoms with van der Waals surface area (Å²) in [6.45, 7) is 10.4. The highest BCUT2D eigenvalue weighted by atomic mass is 35.5. The van der Waals surface area contributed by atoms with Gasteiger partial charge in [0.2, 0.25) is 0 Å². The highest BCUT2D eigenvalue weighted by Gasteiger charge is 2.03. The fourth-order valence-corrected chi connectivity index (χ4v) is 1.42. The molecule has 0 amide bonds. The van der Waals surface area contributed by atoms with E-state index in [1.54, 1.807) is 0 Å². The zero-order chi connectivity index (χ0) is 12.0. The number of ether oxygens (including phenoxy) is 1. The van der Waals surface area contributed by atoms with Gasteiger partial charge in [0, 0.05) is 6.04 Å². The number of hydrogen-bond acceptors (Lipinski definition) is 2. The topological polar surface area (TPSA) is 21.3 Å². The Morgan fingerprint density at radius 2 is 1.94 bits per heavy atom. The minimum absolute atomic E-state index is 0. The molecule has 1 unspecified atom stereocenters. The van der Waals surface area contributed by atoms with Crippen LogP contribution in [0.1, 0.15) is 26.3 Å². The van der Waals surface area contributed by atoms with E-state index in [0.29, 0.717) is 12.0 Å². The molecule has 98 valence electrons. The van der Waals surface area contributed by atoms with Crippen LogP contribution in [0.15, 0.2) is 24.3 Å². The number of hydrogen-bond donors (Lipinski definition) is 1. The Hall–Kier alpha value is -0.730. The second-order valence-corrected chi connectivity index (χ2v) is 4.83. The van der Waals surface area contributed by atoms with Crippen LogP contribution in [-0.4, -0.2) is 19.2 Å². The van der Waals surface area contributed by atoms with Gasteiger partial charge in [-0.05, 0) is 44.0 Å². The quantitative estimate of drug-likeness (QED) is 0.843. The van der Waals surface area contributed by atoms with Gasteiger partial charge in [0.25, 0.3) is 0 Å². The predicted molar refractivity (Wildman–Crippen MR) is 76.2 cm³/mol. The van der Waals surface area contributed by atoms with E-state index < -0.39 is 0 Å². The van der Waals surface area contributed by atoms with Crippen molar-refractivity contribution < 1.29 is 4.74 Å². The monoisotopic (exact) mass is 257 g/mol. The highest BCUT2D eigenvalue weighted by Crippen LogP contribution is 2.12. The molecule has 0 saturated heterocycles. The maximum absolute atomic E-state index is 5.72. The molecule has 3 heteroatoms. The number of benzene rings is 1. The van der Waals surface area contributed by atoms with Crippen LogP contribution in [0.2, 0.25) is 0 Å². The first kappa shape index (κ1) is 16.3. The summed E-state index contributed by atoms with van der Waals surface area (Å²) < 4.78 is 5.72. The van der Waals surface area contributed by atoms with E-state index in [4.69, 9.17) is 4.74 Å². The average molecular weight is 258 g/mol. The third-order valence-electron chi connectivity index (χ3n) is 2.36. The molecule has 0 saturated carbocycles. The molecule has 1 aromatic carbocycles. The van der Waals surface area contributed by atoms with E-state index in [1.807, 2.05) is 12.1 Å². The molecular weight excluding hydrogens is 234 g/mol. The first-order chi connectivity index (χ1) is 7.58. The van der Waals surface area contributed by atoms with E-state index >= 15 is 0 Å². The van der Waals surface area contributed by atoms with E-state index in [1.165, 1.54) is 5.56 Å². The Morgan fingerprint density at radius 1 is 1.24 bits per heavy atom. The molecule has 1 N–H and O–H groups in total. The van der Waals surface area contributed by atoms with Gasteiger partial charge in [0.1, 0.15) is 12.4 Å². The molecule has 0 aliphatic carbocycles. The first-order valence-electron chi connectivity index (χ1n) is 6.00. The van der Waals surface area contributed by atoms with Crippen molar-refractivity contribution in [2.45, 2.75) is 33.7 Å². The standard InChI is InChI=1S/C14H23NO.ClH/c1-11(2)9-15-13(4)10-16-14-7-5-6-12(3)8-14;/h5-8,11,13,15H,9-10H2,1-4H3;1H. The second kappa shape index (κ2) is 8.37. The molecule has 0 aliphatic rings. The summed E-state index contributed by atoms with van der Waals surface area (Å²) in [5, 5.41) is 3.44. The van der Waals surface area contributed by atoms with E-state index in [0.717, 1.165) is 18.9 Å². The molecule has 1 aromatic rings. The van der Waals surface area contributed by atoms with Gasteiger partial charge in [0.05, 0.1) is 0 Å². The smallest absolute Gasteiger partial charge is 0.119 e. The van der Waals surface area contributed by atoms with Crippen molar-refractivity contribution in [2.24, 2.45) is 5.92 Å². The Morgan fingerprint density at radius 3 is 2.53 bits per heavy atom. The van der Waals surface area contributed by atoms with Crippen molar-refractivity contribution in [3.63, 3.8) is 0 Å². The Kier molecular flexibility index (Phi) is 8.01. The first-order valence-corrected chi connectivity index (χ1v) is 6.00. The maximum Gasteiger partial charge on any atom is 0.119 e. The highest BCUT2D eigenvalue weighted by molar-refractivity contribution is 5.85. The van der Waals surface area contributed by atoms with Crippen molar-refractivity contribution >= 4 is 12.4 Å². The van der Waals surface area contributed by atoms with Crippen LogP contribution in [0.3, 0.4) is 0 Å². The van der Waals surface area contributed by atoms with Crippen molar-refractivity contribution in [1.29, 1.82) is 0 Å². The van der Waals surface area contributed by atoms with Crippen molar-refractivity contribution in [1.82, 2.24) is 5.32 Å². The van der Waals surface area contributed by atoms with Gasteiger partial charge < -0.3 is 10.1 Å². The summed E-state index contributed by atoms with van der Waals surface area (Å²) in [4.78, 5) is 0. The Bertz CT molecular complexity index is 315. The molecule has 0 aromatic heterocycles. The molecule has 17 heavy (non-hydrogen) atoms. The fraction of sp³-hybridized carbons (Fsp3) is 0.571. The van der Waals surface area contributed by atoms with Crippen LogP contribution in [0.25, 0.3) is 0 Å². The van der Waals surface area contributed by atoms with Crippen LogP contribution < -0.4 is 10.1 Å². The lowest BCUT2D eigenvalue weighted by Gasteiger charge is -2.16. The minimum atomic E-state index is 0. The van der Waals surface area contributed by atoms with Gasteiger partial charge in [-0.15, -0.1) is 12.4 Å². The average Bonchev–Trinajstić information content (AvgIpc) is 2.23. The van der Waals surface area contributed by atoms with Crippen LogP contribution in [0.4, 0.5) is 0 Å². The largest absolute Gasteiger partial charge is 0.492 e. The SMILES string of the molecule is Cc1cccc(OCC(C)NCC(C)C)c1.Cl. The summed E-state index contributed by atoms with van der Waals surface area (Å²) in [7, 11) is 0. The van der Waals surface area contributed by atoms with Crippen LogP contribution in [0.5, 0.6) is 5.75 Å². The van der Waals surface area contributed by atoms with Crippen molar-refractivity contribution in [2.75, 3.05) is 13.2 Å². The predicted octanol–water partition coefficient (Wildman–Crippen LogP) is 3.43. The van der Waals surface area contributed by atoms with Gasteiger partial charge in [-0.25, -0.2) is 0 Å². The third-order valence-corrected chi connectivity index (χ3v) is 2.36. The molecular formula is C14H24ClNO. The van der Waals surface area contributed by atoms with Crippen LogP contribution in [0, 0.1) is 12.8 Å². The zero-order valence-corrected chi connectivity index (χ0v) is 12.0. The Balaban J connectivity index is 0.00000256. The number of halogens is 1. The van der Waals surface area contributed by atoms with Crippen LogP contribution in [-0.2, 0) is 0 Å². The molecule has 2 nitrogen and oxygen atoms in total. The molecule has 0 bridgehead atoms. The number of rotatable bonds is 6. The maximum atomic E-state index is 5.72. The summed E-state index contributed by atoms with van der Waals surface area (Å²) in [5.74, 6) is 1.64. The van der Waals surface area contributed by atoms with E-state index in [-0.39, 0.29) is 12.4 Å². The Labute approximate surface area is 111 Å². The van der Waals surface area contributed by atoms with E-state index in [2.05, 4.69) is 45.1 Å². The zero-order valence-electron chi connectivity index (χ0n) is 11.2. The summed E-state index contributed by atoms with van der Waals surface area (Å²) in [6, 6.07) is 8.56. The van der Waals surface area contributed by atoms with Gasteiger partial charge in [0.15, 0.2) is 0 Å². The van der Waals surface area contributed by atoms with Gasteiger partial charge >= 0.3 is 0 Å². The van der Waals surface area contributed by atoms with Crippen molar-refractivity contribution in [3.8, 4) is 5.75 Å². The number of aryl methyl sites for hydroxylation is 1. The second-order valence-electron chi connectivity index (χ2n) is 4.83. The lowest BCUT2D eigenvalue weighted by molar-refractivity contribution is 0.269. The van der Waals surface area contributed by atoms with Crippen LogP contribution >= 0.6 is 12.4 Å². The molecule has 1 atom stereocenters. The summed E-state index contributed by atoms with van der Waals surface area (Å²) in [5.41, 5.74) is 1.24. The lowest BCUT2D eigenvalue weighted by atomic mass is 10.2. The molecule has 0 spiro atoms. The summed E-state index contributed by atoms with van der Waals surface area (Å²) >= 11 is 0. The van der Waals surface area contributed by atoms with E-state index in [9.17, 15) is 0 Å². The molecule has 0 radical (unpaired) electrons. The molecule has 0 heterocycles. The van der Waals surface area contributed by atoms with Gasteiger partial charge in [-0.2, -0.15) is 0 Å². The molecule has 0 aliphatic heterocycles. The normalized spacial score (nSPS) is 12.1. The van der Waals surface area contributed by atoms with Gasteiger partial charge in [-0.3, -0.25) is 0 Å². The summed E-state index contributed by atoms with van der Waals surface area (Å²) in [6.07, 6.45) is 0. The molecule has 1 rings (SSSR count). The van der Waals surface area contributed by atoms with Crippen molar-refractivity contribution in [3.05, 3.63) is 29.8 Å². The minimum Gasteiger partial charge on any atom is -0.492 e. The lowest BCUT2D eigenvalue weighted by Crippen LogP contribution is -2.34. The molecule has 0 fully saturated rings. The number of nitrogens with one attached hydrogen (secondary N) is 1. The fourth-order valence-electron chi connectivity index (χ4n) is 1.42. The third kappa shape index (κ3) is 7.24. The van der Waals surface area contributed by atoms with Gasteiger partial charge in [-0.1, -0.05) is 26.0 Å².